The summed E-state index contributed by atoms with van der Waals surface area (Å²) in [5, 5.41) is 2.80. The van der Waals surface area contributed by atoms with Gasteiger partial charge in [-0.05, 0) is 37.6 Å². The van der Waals surface area contributed by atoms with E-state index < -0.39 is 5.60 Å². The summed E-state index contributed by atoms with van der Waals surface area (Å²) in [5.41, 5.74) is 1.03. The third-order valence-corrected chi connectivity index (χ3v) is 3.93. The van der Waals surface area contributed by atoms with Gasteiger partial charge in [0.05, 0.1) is 12.0 Å². The van der Waals surface area contributed by atoms with Gasteiger partial charge in [-0.1, -0.05) is 30.3 Å². The van der Waals surface area contributed by atoms with Crippen molar-refractivity contribution in [1.29, 1.82) is 0 Å². The number of benzene rings is 2. The van der Waals surface area contributed by atoms with Crippen molar-refractivity contribution in [2.45, 2.75) is 32.4 Å². The van der Waals surface area contributed by atoms with Crippen LogP contribution >= 0.6 is 0 Å². The lowest BCUT2D eigenvalue weighted by Crippen LogP contribution is -2.35. The summed E-state index contributed by atoms with van der Waals surface area (Å²) >= 11 is 0. The molecule has 2 aromatic carbocycles. The Hall–Kier alpha value is -2.82. The van der Waals surface area contributed by atoms with Gasteiger partial charge in [0.1, 0.15) is 17.1 Å². The van der Waals surface area contributed by atoms with E-state index in [2.05, 4.69) is 5.32 Å². The lowest BCUT2D eigenvalue weighted by molar-refractivity contribution is -0.123. The molecule has 0 spiro atoms. The van der Waals surface area contributed by atoms with Gasteiger partial charge in [-0.3, -0.25) is 9.59 Å². The molecule has 0 radical (unpaired) electrons. The number of carbonyl (C=O) groups is 2. The van der Waals surface area contributed by atoms with Crippen LogP contribution in [0.4, 0.5) is 0 Å². The number of fused-ring (bicyclic) bond motifs is 1. The molecule has 0 atom stereocenters. The summed E-state index contributed by atoms with van der Waals surface area (Å²) < 4.78 is 11.3. The first-order valence-corrected chi connectivity index (χ1v) is 8.23. The van der Waals surface area contributed by atoms with Crippen LogP contribution in [0.1, 0.15) is 36.2 Å². The van der Waals surface area contributed by atoms with Crippen LogP contribution in [0.2, 0.25) is 0 Å². The van der Waals surface area contributed by atoms with Gasteiger partial charge in [0, 0.05) is 6.54 Å². The second kappa shape index (κ2) is 6.97. The minimum Gasteiger partial charge on any atom is -0.487 e. The molecule has 1 aliphatic heterocycles. The highest BCUT2D eigenvalue weighted by Gasteiger charge is 2.32. The lowest BCUT2D eigenvalue weighted by Gasteiger charge is -2.31. The van der Waals surface area contributed by atoms with Gasteiger partial charge >= 0.3 is 0 Å². The Labute approximate surface area is 147 Å². The Morgan fingerprint density at radius 3 is 2.72 bits per heavy atom. The molecule has 0 unspecified atom stereocenters. The van der Waals surface area contributed by atoms with Gasteiger partial charge in [-0.2, -0.15) is 0 Å². The number of carbonyl (C=O) groups excluding carboxylic acids is 2. The van der Waals surface area contributed by atoms with Crippen molar-refractivity contribution < 1.29 is 19.1 Å². The lowest BCUT2D eigenvalue weighted by atomic mass is 9.93. The smallest absolute Gasteiger partial charge is 0.258 e. The molecular formula is C20H21NO4. The van der Waals surface area contributed by atoms with E-state index in [-0.39, 0.29) is 18.3 Å². The molecule has 3 rings (SSSR count). The predicted octanol–water partition coefficient (Wildman–Crippen LogP) is 3.13. The molecule has 0 bridgehead atoms. The zero-order chi connectivity index (χ0) is 17.9. The Bertz CT molecular complexity index is 784. The SMILES string of the molecule is CC1(C)CC(=O)c2cc(OCC(=O)NCc3ccccc3)ccc2O1. The summed E-state index contributed by atoms with van der Waals surface area (Å²) in [5.74, 6) is 0.836. The fourth-order valence-corrected chi connectivity index (χ4v) is 2.72. The first-order chi connectivity index (χ1) is 11.9. The number of nitrogens with one attached hydrogen (secondary N) is 1. The van der Waals surface area contributed by atoms with Crippen molar-refractivity contribution in [2.75, 3.05) is 6.61 Å². The van der Waals surface area contributed by atoms with Gasteiger partial charge in [-0.25, -0.2) is 0 Å². The van der Waals surface area contributed by atoms with Crippen LogP contribution in [0.25, 0.3) is 0 Å². The van der Waals surface area contributed by atoms with Crippen molar-refractivity contribution in [3.63, 3.8) is 0 Å². The van der Waals surface area contributed by atoms with Gasteiger partial charge in [0.25, 0.3) is 5.91 Å². The van der Waals surface area contributed by atoms with Crippen LogP contribution in [0.15, 0.2) is 48.5 Å². The van der Waals surface area contributed by atoms with Crippen LogP contribution < -0.4 is 14.8 Å². The molecule has 1 N–H and O–H groups in total. The zero-order valence-electron chi connectivity index (χ0n) is 14.4. The molecule has 2 aromatic rings. The summed E-state index contributed by atoms with van der Waals surface area (Å²) in [6, 6.07) is 14.7. The van der Waals surface area contributed by atoms with E-state index in [9.17, 15) is 9.59 Å². The highest BCUT2D eigenvalue weighted by atomic mass is 16.5. The minimum absolute atomic E-state index is 0.0187. The van der Waals surface area contributed by atoms with E-state index >= 15 is 0 Å². The second-order valence-corrected chi connectivity index (χ2v) is 6.67. The molecule has 25 heavy (non-hydrogen) atoms. The van der Waals surface area contributed by atoms with Crippen LogP contribution in [0.5, 0.6) is 11.5 Å². The van der Waals surface area contributed by atoms with Gasteiger partial charge in [0.2, 0.25) is 0 Å². The maximum absolute atomic E-state index is 12.2. The van der Waals surface area contributed by atoms with E-state index in [0.29, 0.717) is 30.0 Å². The van der Waals surface area contributed by atoms with Crippen molar-refractivity contribution in [1.82, 2.24) is 5.32 Å². The fourth-order valence-electron chi connectivity index (χ4n) is 2.72. The topological polar surface area (TPSA) is 64.6 Å². The molecule has 5 heteroatoms. The quantitative estimate of drug-likeness (QED) is 0.909. The minimum atomic E-state index is -0.496. The average Bonchev–Trinajstić information content (AvgIpc) is 2.58. The van der Waals surface area contributed by atoms with Crippen molar-refractivity contribution >= 4 is 11.7 Å². The van der Waals surface area contributed by atoms with Crippen LogP contribution in [-0.4, -0.2) is 23.9 Å². The van der Waals surface area contributed by atoms with Gasteiger partial charge in [0.15, 0.2) is 12.4 Å². The summed E-state index contributed by atoms with van der Waals surface area (Å²) in [7, 11) is 0. The van der Waals surface area contributed by atoms with E-state index in [1.165, 1.54) is 0 Å². The van der Waals surface area contributed by atoms with Crippen molar-refractivity contribution in [3.05, 3.63) is 59.7 Å². The summed E-state index contributed by atoms with van der Waals surface area (Å²) in [6.45, 7) is 4.12. The molecule has 1 amide bonds. The van der Waals surface area contributed by atoms with Crippen LogP contribution in [-0.2, 0) is 11.3 Å². The Morgan fingerprint density at radius 1 is 1.20 bits per heavy atom. The average molecular weight is 339 g/mol. The first kappa shape index (κ1) is 17.0. The number of hydrogen-bond acceptors (Lipinski definition) is 4. The van der Waals surface area contributed by atoms with Crippen molar-refractivity contribution in [2.24, 2.45) is 0 Å². The molecule has 1 aliphatic rings. The molecule has 1 heterocycles. The highest BCUT2D eigenvalue weighted by molar-refractivity contribution is 6.00. The van der Waals surface area contributed by atoms with Gasteiger partial charge in [-0.15, -0.1) is 0 Å². The molecule has 5 nitrogen and oxygen atoms in total. The Morgan fingerprint density at radius 2 is 1.96 bits per heavy atom. The number of ether oxygens (including phenoxy) is 2. The predicted molar refractivity (Wildman–Crippen MR) is 93.9 cm³/mol. The molecule has 0 saturated carbocycles. The maximum atomic E-state index is 12.2. The number of amides is 1. The van der Waals surface area contributed by atoms with E-state index in [1.807, 2.05) is 44.2 Å². The van der Waals surface area contributed by atoms with E-state index in [4.69, 9.17) is 9.47 Å². The number of ketones is 1. The Balaban J connectivity index is 1.56. The van der Waals surface area contributed by atoms with Crippen LogP contribution in [0, 0.1) is 0 Å². The summed E-state index contributed by atoms with van der Waals surface area (Å²) in [6.07, 6.45) is 0.320. The highest BCUT2D eigenvalue weighted by Crippen LogP contribution is 2.35. The Kier molecular flexibility index (Phi) is 4.74. The second-order valence-electron chi connectivity index (χ2n) is 6.67. The van der Waals surface area contributed by atoms with E-state index in [0.717, 1.165) is 5.56 Å². The maximum Gasteiger partial charge on any atom is 0.258 e. The molecule has 0 aliphatic carbocycles. The van der Waals surface area contributed by atoms with E-state index in [1.54, 1.807) is 18.2 Å². The monoisotopic (exact) mass is 339 g/mol. The summed E-state index contributed by atoms with van der Waals surface area (Å²) in [4.78, 5) is 24.1. The molecule has 0 fully saturated rings. The van der Waals surface area contributed by atoms with Gasteiger partial charge < -0.3 is 14.8 Å². The van der Waals surface area contributed by atoms with Crippen molar-refractivity contribution in [3.8, 4) is 11.5 Å². The standard InChI is InChI=1S/C20H21NO4/c1-20(2)11-17(22)16-10-15(8-9-18(16)25-20)24-13-19(23)21-12-14-6-4-3-5-7-14/h3-10H,11-13H2,1-2H3,(H,21,23). The third kappa shape index (κ3) is 4.38. The normalized spacial score (nSPS) is 15.0. The molecular weight excluding hydrogens is 318 g/mol. The number of Topliss-reactive ketones (excluding diaryl/α,β-unsaturated/α-hetero) is 1. The largest absolute Gasteiger partial charge is 0.487 e. The molecule has 0 saturated heterocycles. The number of rotatable bonds is 5. The molecule has 0 aromatic heterocycles. The first-order valence-electron chi connectivity index (χ1n) is 8.23. The number of hydrogen-bond donors (Lipinski definition) is 1. The van der Waals surface area contributed by atoms with Crippen LogP contribution in [0.3, 0.4) is 0 Å². The zero-order valence-corrected chi connectivity index (χ0v) is 14.4. The fraction of sp³-hybridized carbons (Fsp3) is 0.300. The molecule has 130 valence electrons. The third-order valence-electron chi connectivity index (χ3n) is 3.93.